The Morgan fingerprint density at radius 2 is 2.06 bits per heavy atom. The number of ether oxygens (including phenoxy) is 1. The average molecular weight is 248 g/mol. The number of rotatable bonds is 1. The fraction of sp³-hybridized carbons (Fsp3) is 0.500. The van der Waals surface area contributed by atoms with E-state index in [1.807, 2.05) is 17.5 Å². The van der Waals surface area contributed by atoms with Crippen molar-refractivity contribution in [3.8, 4) is 0 Å². The number of carbonyl (C=O) groups is 1. The van der Waals surface area contributed by atoms with E-state index in [1.54, 1.807) is 11.3 Å². The molecule has 3 heteroatoms. The standard InChI is InChI=1S/C14H16O2S/c1-10-12(11-6-5-9-17-11)13(15)16-14(10)7-3-2-4-8-14/h5-6,9H,2-4,7-8H2,1H3. The lowest BCUT2D eigenvalue weighted by Crippen LogP contribution is -2.33. The summed E-state index contributed by atoms with van der Waals surface area (Å²) in [5, 5.41) is 2.01. The fourth-order valence-corrected chi connectivity index (χ4v) is 3.81. The lowest BCUT2D eigenvalue weighted by molar-refractivity contribution is -0.147. The molecule has 0 radical (unpaired) electrons. The van der Waals surface area contributed by atoms with Gasteiger partial charge in [-0.15, -0.1) is 11.3 Å². The van der Waals surface area contributed by atoms with Crippen LogP contribution in [-0.4, -0.2) is 11.6 Å². The van der Waals surface area contributed by atoms with E-state index in [0.29, 0.717) is 0 Å². The molecule has 1 aromatic heterocycles. The highest BCUT2D eigenvalue weighted by Gasteiger charge is 2.46. The van der Waals surface area contributed by atoms with Gasteiger partial charge in [-0.1, -0.05) is 12.5 Å². The summed E-state index contributed by atoms with van der Waals surface area (Å²) in [5.74, 6) is -0.119. The Kier molecular flexibility index (Phi) is 2.58. The van der Waals surface area contributed by atoms with Crippen LogP contribution in [0.2, 0.25) is 0 Å². The third-order valence-corrected chi connectivity index (χ3v) is 4.87. The topological polar surface area (TPSA) is 26.3 Å². The first-order valence-electron chi connectivity index (χ1n) is 6.21. The van der Waals surface area contributed by atoms with Crippen LogP contribution in [0.15, 0.2) is 23.1 Å². The molecule has 0 bridgehead atoms. The zero-order valence-electron chi connectivity index (χ0n) is 9.99. The quantitative estimate of drug-likeness (QED) is 0.707. The number of hydrogen-bond acceptors (Lipinski definition) is 3. The zero-order valence-corrected chi connectivity index (χ0v) is 10.8. The molecule has 1 aromatic rings. The van der Waals surface area contributed by atoms with Crippen LogP contribution in [-0.2, 0) is 9.53 Å². The Morgan fingerprint density at radius 3 is 2.71 bits per heavy atom. The molecule has 2 nitrogen and oxygen atoms in total. The molecule has 1 saturated carbocycles. The predicted octanol–water partition coefficient (Wildman–Crippen LogP) is 3.78. The molecule has 1 aliphatic heterocycles. The molecule has 90 valence electrons. The second-order valence-electron chi connectivity index (χ2n) is 4.92. The summed E-state index contributed by atoms with van der Waals surface area (Å²) in [7, 11) is 0. The molecule has 0 aromatic carbocycles. The highest BCUT2D eigenvalue weighted by atomic mass is 32.1. The highest BCUT2D eigenvalue weighted by molar-refractivity contribution is 7.11. The molecular weight excluding hydrogens is 232 g/mol. The maximum atomic E-state index is 12.1. The van der Waals surface area contributed by atoms with Gasteiger partial charge in [0.2, 0.25) is 0 Å². The van der Waals surface area contributed by atoms with E-state index in [4.69, 9.17) is 4.74 Å². The molecule has 1 spiro atoms. The highest BCUT2D eigenvalue weighted by Crippen LogP contribution is 2.46. The molecule has 2 aliphatic rings. The van der Waals surface area contributed by atoms with Gasteiger partial charge < -0.3 is 4.74 Å². The normalized spacial score (nSPS) is 23.2. The van der Waals surface area contributed by atoms with Gasteiger partial charge in [-0.25, -0.2) is 4.79 Å². The molecule has 2 heterocycles. The van der Waals surface area contributed by atoms with Crippen molar-refractivity contribution in [2.45, 2.75) is 44.6 Å². The van der Waals surface area contributed by atoms with Crippen molar-refractivity contribution in [2.75, 3.05) is 0 Å². The molecule has 17 heavy (non-hydrogen) atoms. The van der Waals surface area contributed by atoms with E-state index in [9.17, 15) is 4.79 Å². The van der Waals surface area contributed by atoms with Gasteiger partial charge in [0.1, 0.15) is 5.60 Å². The molecule has 0 saturated heterocycles. The van der Waals surface area contributed by atoms with Crippen molar-refractivity contribution >= 4 is 22.9 Å². The molecule has 1 aliphatic carbocycles. The second kappa shape index (κ2) is 3.98. The minimum Gasteiger partial charge on any atom is -0.451 e. The molecular formula is C14H16O2S. The summed E-state index contributed by atoms with van der Waals surface area (Å²) in [4.78, 5) is 13.1. The van der Waals surface area contributed by atoms with Crippen LogP contribution < -0.4 is 0 Å². The Hall–Kier alpha value is -1.09. The molecule has 0 N–H and O–H groups in total. The lowest BCUT2D eigenvalue weighted by Gasteiger charge is -2.33. The van der Waals surface area contributed by atoms with E-state index < -0.39 is 0 Å². The first kappa shape index (κ1) is 11.0. The third kappa shape index (κ3) is 1.64. The largest absolute Gasteiger partial charge is 0.451 e. The maximum absolute atomic E-state index is 12.1. The lowest BCUT2D eigenvalue weighted by atomic mass is 9.79. The van der Waals surface area contributed by atoms with Gasteiger partial charge in [-0.05, 0) is 49.6 Å². The Labute approximate surface area is 105 Å². The van der Waals surface area contributed by atoms with Crippen molar-refractivity contribution in [3.63, 3.8) is 0 Å². The van der Waals surface area contributed by atoms with Gasteiger partial charge >= 0.3 is 5.97 Å². The Morgan fingerprint density at radius 1 is 1.29 bits per heavy atom. The summed E-state index contributed by atoms with van der Waals surface area (Å²) >= 11 is 1.62. The van der Waals surface area contributed by atoms with Crippen molar-refractivity contribution in [3.05, 3.63) is 28.0 Å². The summed E-state index contributed by atoms with van der Waals surface area (Å²) in [5.41, 5.74) is 1.71. The van der Waals surface area contributed by atoms with Gasteiger partial charge in [0.05, 0.1) is 5.57 Å². The van der Waals surface area contributed by atoms with Gasteiger partial charge in [0.25, 0.3) is 0 Å². The van der Waals surface area contributed by atoms with E-state index in [0.717, 1.165) is 28.9 Å². The van der Waals surface area contributed by atoms with Crippen LogP contribution in [0.1, 0.15) is 43.9 Å². The maximum Gasteiger partial charge on any atom is 0.340 e. The van der Waals surface area contributed by atoms with Crippen LogP contribution in [0.4, 0.5) is 0 Å². The molecule has 3 rings (SSSR count). The summed E-state index contributed by atoms with van der Waals surface area (Å²) in [6.45, 7) is 2.07. The van der Waals surface area contributed by atoms with E-state index in [-0.39, 0.29) is 11.6 Å². The molecule has 1 fully saturated rings. The van der Waals surface area contributed by atoms with Crippen molar-refractivity contribution < 1.29 is 9.53 Å². The number of thiophene rings is 1. The third-order valence-electron chi connectivity index (χ3n) is 3.98. The summed E-state index contributed by atoms with van der Waals surface area (Å²) < 4.78 is 5.73. The monoisotopic (exact) mass is 248 g/mol. The van der Waals surface area contributed by atoms with Gasteiger partial charge in [0.15, 0.2) is 0 Å². The molecule has 0 atom stereocenters. The van der Waals surface area contributed by atoms with Crippen LogP contribution in [0.25, 0.3) is 5.57 Å². The van der Waals surface area contributed by atoms with Crippen LogP contribution >= 0.6 is 11.3 Å². The number of esters is 1. The first-order valence-corrected chi connectivity index (χ1v) is 7.09. The van der Waals surface area contributed by atoms with Gasteiger partial charge in [-0.2, -0.15) is 0 Å². The van der Waals surface area contributed by atoms with Gasteiger partial charge in [0, 0.05) is 4.88 Å². The average Bonchev–Trinajstić information content (AvgIpc) is 2.90. The molecule has 0 amide bonds. The fourth-order valence-electron chi connectivity index (χ4n) is 2.99. The van der Waals surface area contributed by atoms with Crippen molar-refractivity contribution in [2.24, 2.45) is 0 Å². The zero-order chi connectivity index (χ0) is 11.9. The summed E-state index contributed by atoms with van der Waals surface area (Å²) in [6, 6.07) is 3.99. The Bertz CT molecular complexity index is 464. The Balaban J connectivity index is 2.04. The van der Waals surface area contributed by atoms with E-state index >= 15 is 0 Å². The predicted molar refractivity (Wildman–Crippen MR) is 68.8 cm³/mol. The number of hydrogen-bond donors (Lipinski definition) is 0. The van der Waals surface area contributed by atoms with E-state index in [1.165, 1.54) is 19.3 Å². The van der Waals surface area contributed by atoms with Crippen molar-refractivity contribution in [1.82, 2.24) is 0 Å². The summed E-state index contributed by atoms with van der Waals surface area (Å²) in [6.07, 6.45) is 5.60. The van der Waals surface area contributed by atoms with Crippen molar-refractivity contribution in [1.29, 1.82) is 0 Å². The second-order valence-corrected chi connectivity index (χ2v) is 5.87. The van der Waals surface area contributed by atoms with Gasteiger partial charge in [-0.3, -0.25) is 0 Å². The van der Waals surface area contributed by atoms with E-state index in [2.05, 4.69) is 6.92 Å². The van der Waals surface area contributed by atoms with Crippen LogP contribution in [0, 0.1) is 0 Å². The smallest absolute Gasteiger partial charge is 0.340 e. The minimum absolute atomic E-state index is 0.119. The van der Waals surface area contributed by atoms with Crippen LogP contribution in [0.5, 0.6) is 0 Å². The molecule has 0 unspecified atom stereocenters. The SMILES string of the molecule is CC1=C(c2cccs2)C(=O)OC12CCCCC2. The van der Waals surface area contributed by atoms with Crippen LogP contribution in [0.3, 0.4) is 0 Å². The minimum atomic E-state index is -0.269. The first-order chi connectivity index (χ1) is 8.23. The number of carbonyl (C=O) groups excluding carboxylic acids is 1.